The van der Waals surface area contributed by atoms with Gasteiger partial charge in [0.15, 0.2) is 0 Å². The van der Waals surface area contributed by atoms with Crippen LogP contribution in [0.15, 0.2) is 4.90 Å². The maximum absolute atomic E-state index is 11.8. The first-order chi connectivity index (χ1) is 10.1. The lowest BCUT2D eigenvalue weighted by molar-refractivity contribution is 0.0607. The van der Waals surface area contributed by atoms with Gasteiger partial charge in [0.25, 0.3) is 0 Å². The standard InChI is InChI=1S/C13H22N2O4S2/c1-17-7-5-15(6-8-18-2)12-10(20-4)9(14)11(21-12)13(16)19-3/h5-8,14H2,1-4H3. The van der Waals surface area contributed by atoms with Gasteiger partial charge in [-0.2, -0.15) is 0 Å². The summed E-state index contributed by atoms with van der Waals surface area (Å²) < 4.78 is 15.1. The van der Waals surface area contributed by atoms with Gasteiger partial charge in [0, 0.05) is 27.3 Å². The summed E-state index contributed by atoms with van der Waals surface area (Å²) in [6, 6.07) is 0. The molecular formula is C13H22N2O4S2. The topological polar surface area (TPSA) is 74.0 Å². The normalized spacial score (nSPS) is 10.7. The Morgan fingerprint density at radius 3 is 2.24 bits per heavy atom. The lowest BCUT2D eigenvalue weighted by atomic mass is 10.3. The second kappa shape index (κ2) is 9.14. The number of anilines is 2. The van der Waals surface area contributed by atoms with Crippen molar-refractivity contribution in [2.45, 2.75) is 4.90 Å². The summed E-state index contributed by atoms with van der Waals surface area (Å²) in [5.74, 6) is -0.405. The number of esters is 1. The summed E-state index contributed by atoms with van der Waals surface area (Å²) in [6.07, 6.45) is 1.94. The van der Waals surface area contributed by atoms with Crippen LogP contribution in [0, 0.1) is 0 Å². The van der Waals surface area contributed by atoms with E-state index in [1.54, 1.807) is 14.2 Å². The molecule has 0 aliphatic rings. The highest BCUT2D eigenvalue weighted by Gasteiger charge is 2.24. The fraction of sp³-hybridized carbons (Fsp3) is 0.615. The van der Waals surface area contributed by atoms with E-state index in [9.17, 15) is 4.79 Å². The van der Waals surface area contributed by atoms with Crippen molar-refractivity contribution in [3.05, 3.63) is 4.88 Å². The number of methoxy groups -OCH3 is 3. The number of thiophene rings is 1. The Morgan fingerprint density at radius 1 is 1.24 bits per heavy atom. The average molecular weight is 334 g/mol. The predicted molar refractivity (Wildman–Crippen MR) is 87.8 cm³/mol. The highest BCUT2D eigenvalue weighted by Crippen LogP contribution is 2.44. The lowest BCUT2D eigenvalue weighted by Gasteiger charge is -2.23. The molecule has 0 amide bonds. The Kier molecular flexibility index (Phi) is 7.87. The van der Waals surface area contributed by atoms with E-state index < -0.39 is 5.97 Å². The van der Waals surface area contributed by atoms with Crippen molar-refractivity contribution >= 4 is 39.8 Å². The third-order valence-electron chi connectivity index (χ3n) is 2.88. The Balaban J connectivity index is 3.12. The van der Waals surface area contributed by atoms with Crippen molar-refractivity contribution in [2.24, 2.45) is 0 Å². The monoisotopic (exact) mass is 334 g/mol. The molecule has 0 spiro atoms. The van der Waals surface area contributed by atoms with Crippen molar-refractivity contribution in [1.82, 2.24) is 0 Å². The molecule has 0 fully saturated rings. The molecule has 0 aliphatic carbocycles. The first-order valence-electron chi connectivity index (χ1n) is 6.38. The minimum atomic E-state index is -0.405. The van der Waals surface area contributed by atoms with Crippen molar-refractivity contribution in [1.29, 1.82) is 0 Å². The first kappa shape index (κ1) is 18.1. The number of hydrogen-bond donors (Lipinski definition) is 1. The third kappa shape index (κ3) is 4.50. The number of carbonyl (C=O) groups excluding carboxylic acids is 1. The summed E-state index contributed by atoms with van der Waals surface area (Å²) in [7, 11) is 4.67. The van der Waals surface area contributed by atoms with E-state index in [2.05, 4.69) is 4.90 Å². The van der Waals surface area contributed by atoms with Gasteiger partial charge in [0.05, 0.1) is 30.9 Å². The lowest BCUT2D eigenvalue weighted by Crippen LogP contribution is -2.30. The van der Waals surface area contributed by atoms with E-state index in [4.69, 9.17) is 19.9 Å². The number of nitrogens with zero attached hydrogens (tertiary/aromatic N) is 1. The molecule has 120 valence electrons. The average Bonchev–Trinajstić information content (AvgIpc) is 2.83. The Morgan fingerprint density at radius 2 is 1.81 bits per heavy atom. The zero-order valence-electron chi connectivity index (χ0n) is 12.8. The second-order valence-electron chi connectivity index (χ2n) is 4.15. The first-order valence-corrected chi connectivity index (χ1v) is 8.42. The largest absolute Gasteiger partial charge is 0.465 e. The van der Waals surface area contributed by atoms with E-state index >= 15 is 0 Å². The summed E-state index contributed by atoms with van der Waals surface area (Å²) >= 11 is 2.87. The van der Waals surface area contributed by atoms with Crippen LogP contribution in [0.5, 0.6) is 0 Å². The van der Waals surface area contributed by atoms with Gasteiger partial charge >= 0.3 is 5.97 Å². The van der Waals surface area contributed by atoms with Gasteiger partial charge in [0.2, 0.25) is 0 Å². The molecule has 0 radical (unpaired) electrons. The molecule has 0 saturated carbocycles. The Bertz CT molecular complexity index is 457. The highest BCUT2D eigenvalue weighted by molar-refractivity contribution is 7.99. The van der Waals surface area contributed by atoms with Crippen molar-refractivity contribution in [2.75, 3.05) is 64.5 Å². The second-order valence-corrected chi connectivity index (χ2v) is 5.96. The number of nitrogens with two attached hydrogens (primary N) is 1. The molecule has 0 atom stereocenters. The van der Waals surface area contributed by atoms with Crippen LogP contribution >= 0.6 is 23.1 Å². The van der Waals surface area contributed by atoms with Gasteiger partial charge in [-0.3, -0.25) is 0 Å². The molecule has 2 N–H and O–H groups in total. The maximum Gasteiger partial charge on any atom is 0.350 e. The Hall–Kier alpha value is -0.960. The van der Waals surface area contributed by atoms with Crippen LogP contribution in [0.2, 0.25) is 0 Å². The van der Waals surface area contributed by atoms with Crippen LogP contribution in [0.25, 0.3) is 0 Å². The van der Waals surface area contributed by atoms with Crippen molar-refractivity contribution < 1.29 is 19.0 Å². The molecule has 0 aromatic carbocycles. The van der Waals surface area contributed by atoms with Gasteiger partial charge in [0.1, 0.15) is 9.88 Å². The SMILES string of the molecule is COCCN(CCOC)c1sc(C(=O)OC)c(N)c1SC. The van der Waals surface area contributed by atoms with E-state index in [0.717, 1.165) is 9.90 Å². The fourth-order valence-electron chi connectivity index (χ4n) is 1.78. The highest BCUT2D eigenvalue weighted by atomic mass is 32.2. The number of nitrogen functional groups attached to an aromatic ring is 1. The number of rotatable bonds is 9. The van der Waals surface area contributed by atoms with Crippen molar-refractivity contribution in [3.63, 3.8) is 0 Å². The number of carbonyl (C=O) groups is 1. The molecule has 6 nitrogen and oxygen atoms in total. The molecule has 1 rings (SSSR count). The molecule has 1 heterocycles. The minimum Gasteiger partial charge on any atom is -0.465 e. The number of hydrogen-bond acceptors (Lipinski definition) is 8. The van der Waals surface area contributed by atoms with Gasteiger partial charge in [-0.15, -0.1) is 23.1 Å². The quantitative estimate of drug-likeness (QED) is 0.546. The van der Waals surface area contributed by atoms with E-state index in [-0.39, 0.29) is 0 Å². The van der Waals surface area contributed by atoms with Crippen molar-refractivity contribution in [3.8, 4) is 0 Å². The summed E-state index contributed by atoms with van der Waals surface area (Å²) in [4.78, 5) is 15.3. The summed E-state index contributed by atoms with van der Waals surface area (Å²) in [5.41, 5.74) is 6.57. The van der Waals surface area contributed by atoms with E-state index in [0.29, 0.717) is 36.9 Å². The molecular weight excluding hydrogens is 312 g/mol. The van der Waals surface area contributed by atoms with Crippen LogP contribution in [0.1, 0.15) is 9.67 Å². The maximum atomic E-state index is 11.8. The number of ether oxygens (including phenoxy) is 3. The van der Waals surface area contributed by atoms with Crippen LogP contribution in [-0.2, 0) is 14.2 Å². The smallest absolute Gasteiger partial charge is 0.350 e. The molecule has 1 aromatic heterocycles. The van der Waals surface area contributed by atoms with Crippen LogP contribution in [-0.4, -0.2) is 59.9 Å². The molecule has 8 heteroatoms. The molecule has 0 aliphatic heterocycles. The predicted octanol–water partition coefficient (Wildman–Crippen LogP) is 1.94. The molecule has 21 heavy (non-hydrogen) atoms. The fourth-order valence-corrected chi connectivity index (χ4v) is 3.94. The van der Waals surface area contributed by atoms with Gasteiger partial charge in [-0.05, 0) is 6.26 Å². The van der Waals surface area contributed by atoms with Crippen LogP contribution < -0.4 is 10.6 Å². The third-order valence-corrected chi connectivity index (χ3v) is 5.07. The molecule has 1 aromatic rings. The molecule has 0 unspecified atom stereocenters. The Labute approximate surface area is 133 Å². The van der Waals surface area contributed by atoms with Gasteiger partial charge in [-0.25, -0.2) is 4.79 Å². The number of thioether (sulfide) groups is 1. The molecule has 0 saturated heterocycles. The van der Waals surface area contributed by atoms with Crippen LogP contribution in [0.4, 0.5) is 10.7 Å². The van der Waals surface area contributed by atoms with E-state index in [1.807, 2.05) is 6.26 Å². The zero-order chi connectivity index (χ0) is 15.8. The van der Waals surface area contributed by atoms with E-state index in [1.165, 1.54) is 30.2 Å². The molecule has 0 bridgehead atoms. The zero-order valence-corrected chi connectivity index (χ0v) is 14.4. The van der Waals surface area contributed by atoms with Gasteiger partial charge < -0.3 is 24.8 Å². The van der Waals surface area contributed by atoms with Gasteiger partial charge in [-0.1, -0.05) is 0 Å². The minimum absolute atomic E-state index is 0.405. The summed E-state index contributed by atoms with van der Waals surface area (Å²) in [6.45, 7) is 2.58. The summed E-state index contributed by atoms with van der Waals surface area (Å²) in [5, 5.41) is 0.953. The van der Waals surface area contributed by atoms with Crippen LogP contribution in [0.3, 0.4) is 0 Å².